The van der Waals surface area contributed by atoms with E-state index in [0.717, 1.165) is 12.0 Å². The van der Waals surface area contributed by atoms with Crippen molar-refractivity contribution in [2.75, 3.05) is 6.54 Å². The molecule has 1 amide bonds. The van der Waals surface area contributed by atoms with Gasteiger partial charge in [-0.1, -0.05) is 37.3 Å². The SMILES string of the molecule is CCCNC(=O)c1ccccc1CC(N)=S. The number of nitrogens with two attached hydrogens (primary N) is 1. The molecule has 3 N–H and O–H groups in total. The van der Waals surface area contributed by atoms with E-state index in [2.05, 4.69) is 5.32 Å². The average Bonchev–Trinajstić information content (AvgIpc) is 2.26. The third-order valence-corrected chi connectivity index (χ3v) is 2.31. The van der Waals surface area contributed by atoms with Crippen molar-refractivity contribution in [2.45, 2.75) is 19.8 Å². The Bertz CT molecular complexity index is 390. The zero-order chi connectivity index (χ0) is 12.0. The highest BCUT2D eigenvalue weighted by molar-refractivity contribution is 7.80. The van der Waals surface area contributed by atoms with Gasteiger partial charge in [0.25, 0.3) is 5.91 Å². The van der Waals surface area contributed by atoms with E-state index in [1.165, 1.54) is 0 Å². The second kappa shape index (κ2) is 6.23. The van der Waals surface area contributed by atoms with Gasteiger partial charge in [0.2, 0.25) is 0 Å². The molecule has 0 aliphatic carbocycles. The van der Waals surface area contributed by atoms with Gasteiger partial charge in [-0.15, -0.1) is 0 Å². The maximum Gasteiger partial charge on any atom is 0.251 e. The van der Waals surface area contributed by atoms with Crippen molar-refractivity contribution in [3.05, 3.63) is 35.4 Å². The van der Waals surface area contributed by atoms with Crippen LogP contribution in [0.2, 0.25) is 0 Å². The molecule has 1 aromatic carbocycles. The van der Waals surface area contributed by atoms with Crippen molar-refractivity contribution in [1.29, 1.82) is 0 Å². The first-order chi connectivity index (χ1) is 7.65. The fourth-order valence-electron chi connectivity index (χ4n) is 1.42. The summed E-state index contributed by atoms with van der Waals surface area (Å²) in [5, 5.41) is 2.84. The summed E-state index contributed by atoms with van der Waals surface area (Å²) in [5.41, 5.74) is 7.03. The van der Waals surface area contributed by atoms with Crippen molar-refractivity contribution < 1.29 is 4.79 Å². The summed E-state index contributed by atoms with van der Waals surface area (Å²) in [5.74, 6) is -0.0614. The van der Waals surface area contributed by atoms with Gasteiger partial charge in [-0.25, -0.2) is 0 Å². The highest BCUT2D eigenvalue weighted by atomic mass is 32.1. The standard InChI is InChI=1S/C12H16N2OS/c1-2-7-14-12(15)10-6-4-3-5-9(10)8-11(13)16/h3-6H,2,7-8H2,1H3,(H2,13,16)(H,14,15). The van der Waals surface area contributed by atoms with Gasteiger partial charge in [-0.05, 0) is 18.1 Å². The fourth-order valence-corrected chi connectivity index (χ4v) is 1.57. The van der Waals surface area contributed by atoms with Crippen LogP contribution in [0, 0.1) is 0 Å². The second-order valence-corrected chi connectivity index (χ2v) is 4.08. The first-order valence-electron chi connectivity index (χ1n) is 5.29. The van der Waals surface area contributed by atoms with Crippen LogP contribution in [0.1, 0.15) is 29.3 Å². The van der Waals surface area contributed by atoms with Gasteiger partial charge >= 0.3 is 0 Å². The molecule has 0 aliphatic heterocycles. The first kappa shape index (κ1) is 12.6. The molecule has 0 aliphatic rings. The van der Waals surface area contributed by atoms with Gasteiger partial charge in [-0.2, -0.15) is 0 Å². The molecule has 1 rings (SSSR count). The van der Waals surface area contributed by atoms with E-state index in [-0.39, 0.29) is 5.91 Å². The minimum Gasteiger partial charge on any atom is -0.393 e. The van der Waals surface area contributed by atoms with E-state index in [9.17, 15) is 4.79 Å². The minimum atomic E-state index is -0.0614. The monoisotopic (exact) mass is 236 g/mol. The molecule has 1 aromatic rings. The molecule has 16 heavy (non-hydrogen) atoms. The van der Waals surface area contributed by atoms with Crippen LogP contribution in [0.5, 0.6) is 0 Å². The van der Waals surface area contributed by atoms with Gasteiger partial charge in [0.15, 0.2) is 0 Å². The minimum absolute atomic E-state index is 0.0614. The molecule has 0 unspecified atom stereocenters. The third-order valence-electron chi connectivity index (χ3n) is 2.16. The predicted octanol–water partition coefficient (Wildman–Crippen LogP) is 1.66. The van der Waals surface area contributed by atoms with E-state index >= 15 is 0 Å². The van der Waals surface area contributed by atoms with Gasteiger partial charge in [0, 0.05) is 18.5 Å². The molecule has 0 bridgehead atoms. The summed E-state index contributed by atoms with van der Waals surface area (Å²) in [4.78, 5) is 12.2. The fraction of sp³-hybridized carbons (Fsp3) is 0.333. The number of hydrogen-bond donors (Lipinski definition) is 2. The van der Waals surface area contributed by atoms with E-state index in [1.54, 1.807) is 6.07 Å². The molecular formula is C12H16N2OS. The van der Waals surface area contributed by atoms with E-state index in [0.29, 0.717) is 23.5 Å². The maximum atomic E-state index is 11.8. The van der Waals surface area contributed by atoms with Crippen LogP contribution >= 0.6 is 12.2 Å². The predicted molar refractivity (Wildman–Crippen MR) is 69.6 cm³/mol. The smallest absolute Gasteiger partial charge is 0.251 e. The zero-order valence-electron chi connectivity index (χ0n) is 9.32. The summed E-state index contributed by atoms with van der Waals surface area (Å²) in [6.45, 7) is 2.70. The van der Waals surface area contributed by atoms with Crippen LogP contribution < -0.4 is 11.1 Å². The van der Waals surface area contributed by atoms with E-state index < -0.39 is 0 Å². The van der Waals surface area contributed by atoms with Crippen LogP contribution in [0.4, 0.5) is 0 Å². The van der Waals surface area contributed by atoms with Gasteiger partial charge in [0.1, 0.15) is 0 Å². The lowest BCUT2D eigenvalue weighted by molar-refractivity contribution is 0.0953. The van der Waals surface area contributed by atoms with Crippen molar-refractivity contribution in [1.82, 2.24) is 5.32 Å². The van der Waals surface area contributed by atoms with Crippen molar-refractivity contribution in [3.63, 3.8) is 0 Å². The lowest BCUT2D eigenvalue weighted by Crippen LogP contribution is -2.26. The molecule has 0 heterocycles. The maximum absolute atomic E-state index is 11.8. The second-order valence-electron chi connectivity index (χ2n) is 3.56. The normalized spacial score (nSPS) is 9.81. The highest BCUT2D eigenvalue weighted by Gasteiger charge is 2.10. The van der Waals surface area contributed by atoms with Gasteiger partial charge < -0.3 is 11.1 Å². The molecule has 0 atom stereocenters. The Balaban J connectivity index is 2.85. The summed E-state index contributed by atoms with van der Waals surface area (Å²) < 4.78 is 0. The van der Waals surface area contributed by atoms with Crippen molar-refractivity contribution in [3.8, 4) is 0 Å². The Morgan fingerprint density at radius 2 is 2.12 bits per heavy atom. The van der Waals surface area contributed by atoms with Crippen LogP contribution in [0.3, 0.4) is 0 Å². The molecule has 86 valence electrons. The molecule has 0 aromatic heterocycles. The third kappa shape index (κ3) is 3.62. The zero-order valence-corrected chi connectivity index (χ0v) is 10.1. The van der Waals surface area contributed by atoms with E-state index in [1.807, 2.05) is 25.1 Å². The van der Waals surface area contributed by atoms with Crippen LogP contribution in [-0.2, 0) is 6.42 Å². The number of carbonyl (C=O) groups is 1. The largest absolute Gasteiger partial charge is 0.393 e. The molecule has 0 saturated heterocycles. The topological polar surface area (TPSA) is 55.1 Å². The Morgan fingerprint density at radius 3 is 2.75 bits per heavy atom. The number of hydrogen-bond acceptors (Lipinski definition) is 2. The molecule has 0 fully saturated rings. The van der Waals surface area contributed by atoms with Crippen LogP contribution in [0.25, 0.3) is 0 Å². The number of benzene rings is 1. The number of nitrogens with one attached hydrogen (secondary N) is 1. The number of rotatable bonds is 5. The summed E-state index contributed by atoms with van der Waals surface area (Å²) in [6, 6.07) is 7.38. The highest BCUT2D eigenvalue weighted by Crippen LogP contribution is 2.09. The van der Waals surface area contributed by atoms with E-state index in [4.69, 9.17) is 18.0 Å². The quantitative estimate of drug-likeness (QED) is 0.764. The number of amides is 1. The molecule has 0 saturated carbocycles. The summed E-state index contributed by atoms with van der Waals surface area (Å²) >= 11 is 4.86. The van der Waals surface area contributed by atoms with Crippen molar-refractivity contribution in [2.24, 2.45) is 5.73 Å². The molecule has 4 heteroatoms. The Morgan fingerprint density at radius 1 is 1.44 bits per heavy atom. The molecular weight excluding hydrogens is 220 g/mol. The summed E-state index contributed by atoms with van der Waals surface area (Å²) in [7, 11) is 0. The van der Waals surface area contributed by atoms with Gasteiger partial charge in [0.05, 0.1) is 4.99 Å². The lowest BCUT2D eigenvalue weighted by atomic mass is 10.0. The van der Waals surface area contributed by atoms with Gasteiger partial charge in [-0.3, -0.25) is 4.79 Å². The lowest BCUT2D eigenvalue weighted by Gasteiger charge is -2.08. The molecule has 3 nitrogen and oxygen atoms in total. The number of thiocarbonyl (C=S) groups is 1. The summed E-state index contributed by atoms with van der Waals surface area (Å²) in [6.07, 6.45) is 1.38. The van der Waals surface area contributed by atoms with Crippen LogP contribution in [-0.4, -0.2) is 17.4 Å². The Hall–Kier alpha value is -1.42. The first-order valence-corrected chi connectivity index (χ1v) is 5.70. The molecule has 0 spiro atoms. The van der Waals surface area contributed by atoms with Crippen LogP contribution in [0.15, 0.2) is 24.3 Å². The average molecular weight is 236 g/mol. The van der Waals surface area contributed by atoms with Crippen molar-refractivity contribution >= 4 is 23.1 Å². The Kier molecular flexibility index (Phi) is 4.92. The number of carbonyl (C=O) groups excluding carboxylic acids is 1. The Labute approximate surface area is 101 Å². The molecule has 0 radical (unpaired) electrons.